The molecule has 0 bridgehead atoms. The molecule has 1 unspecified atom stereocenters. The molecule has 0 radical (unpaired) electrons. The second-order valence-electron chi connectivity index (χ2n) is 8.46. The monoisotopic (exact) mass is 487 g/mol. The van der Waals surface area contributed by atoms with Crippen molar-refractivity contribution in [2.45, 2.75) is 13.5 Å². The summed E-state index contributed by atoms with van der Waals surface area (Å²) in [6, 6.07) is 26.9. The van der Waals surface area contributed by atoms with Crippen LogP contribution < -0.4 is 15.2 Å². The van der Waals surface area contributed by atoms with E-state index in [-0.39, 0.29) is 29.8 Å². The van der Waals surface area contributed by atoms with E-state index in [1.165, 1.54) is 5.01 Å². The Balaban J connectivity index is 0.00000289. The molecule has 2 amide bonds. The summed E-state index contributed by atoms with van der Waals surface area (Å²) in [5.74, 6) is 0.334. The molecule has 0 aliphatic carbocycles. The van der Waals surface area contributed by atoms with Crippen LogP contribution in [0.4, 0.5) is 5.69 Å². The number of aromatic nitrogens is 1. The van der Waals surface area contributed by atoms with Crippen molar-refractivity contribution in [3.63, 3.8) is 0 Å². The lowest BCUT2D eigenvalue weighted by molar-refractivity contribution is -0.117. The number of anilines is 1. The van der Waals surface area contributed by atoms with Crippen molar-refractivity contribution in [1.29, 1.82) is 0 Å². The highest BCUT2D eigenvalue weighted by Gasteiger charge is 2.34. The first kappa shape index (κ1) is 24.1. The molecule has 2 heterocycles. The molecule has 1 aliphatic rings. The topological polar surface area (TPSA) is 63.6 Å². The van der Waals surface area contributed by atoms with Crippen molar-refractivity contribution in [3.05, 3.63) is 102 Å². The van der Waals surface area contributed by atoms with Crippen LogP contribution >= 0.6 is 12.4 Å². The standard InChI is InChI=1S/C28H25N3O3.ClH/c1-20(19-34-23-12-6-3-7-13-23)17-30-18-21(24-14-8-9-15-26(24)30)16-25-27(32)29-31(28(25)33)22-10-4-2-5-11-22;/h2-16,18,20H,17,19H2,1H3,(H,29,32);1H. The number of amides is 2. The van der Waals surface area contributed by atoms with Crippen molar-refractivity contribution in [2.75, 3.05) is 11.6 Å². The zero-order valence-electron chi connectivity index (χ0n) is 19.3. The van der Waals surface area contributed by atoms with E-state index >= 15 is 0 Å². The summed E-state index contributed by atoms with van der Waals surface area (Å²) in [7, 11) is 0. The number of nitrogens with zero attached hydrogens (tertiary/aromatic N) is 2. The second-order valence-corrected chi connectivity index (χ2v) is 8.46. The van der Waals surface area contributed by atoms with Gasteiger partial charge in [-0.2, -0.15) is 0 Å². The number of carbonyl (C=O) groups is 2. The summed E-state index contributed by atoms with van der Waals surface area (Å²) in [6.07, 6.45) is 3.69. The fourth-order valence-electron chi connectivity index (χ4n) is 4.16. The van der Waals surface area contributed by atoms with Gasteiger partial charge in [-0.25, -0.2) is 5.01 Å². The van der Waals surface area contributed by atoms with Crippen molar-refractivity contribution in [1.82, 2.24) is 9.99 Å². The lowest BCUT2D eigenvalue weighted by Crippen LogP contribution is -2.35. The zero-order chi connectivity index (χ0) is 23.5. The second kappa shape index (κ2) is 10.5. The molecular weight excluding hydrogens is 462 g/mol. The van der Waals surface area contributed by atoms with E-state index in [4.69, 9.17) is 4.74 Å². The number of fused-ring (bicyclic) bond motifs is 1. The summed E-state index contributed by atoms with van der Waals surface area (Å²) in [5.41, 5.74) is 5.29. The molecule has 1 N–H and O–H groups in total. The average Bonchev–Trinajstić information content (AvgIpc) is 3.36. The van der Waals surface area contributed by atoms with Gasteiger partial charge in [0.25, 0.3) is 11.8 Å². The number of carbonyl (C=O) groups excluding carboxylic acids is 2. The molecule has 0 spiro atoms. The van der Waals surface area contributed by atoms with Crippen LogP contribution in [-0.2, 0) is 16.1 Å². The van der Waals surface area contributed by atoms with E-state index in [0.717, 1.165) is 28.8 Å². The van der Waals surface area contributed by atoms with Crippen molar-refractivity contribution < 1.29 is 14.3 Å². The molecule has 1 aliphatic heterocycles. The number of halogens is 1. The number of para-hydroxylation sites is 3. The third kappa shape index (κ3) is 5.08. The molecule has 1 aromatic heterocycles. The number of nitrogens with one attached hydrogen (secondary N) is 1. The van der Waals surface area contributed by atoms with Gasteiger partial charge in [0.1, 0.15) is 11.3 Å². The predicted molar refractivity (Wildman–Crippen MR) is 140 cm³/mol. The molecule has 1 fully saturated rings. The third-order valence-corrected chi connectivity index (χ3v) is 5.81. The van der Waals surface area contributed by atoms with E-state index in [1.54, 1.807) is 18.2 Å². The van der Waals surface area contributed by atoms with Gasteiger partial charge in [0.2, 0.25) is 0 Å². The van der Waals surface area contributed by atoms with E-state index in [2.05, 4.69) is 23.0 Å². The van der Waals surface area contributed by atoms with Gasteiger partial charge in [0, 0.05) is 35.1 Å². The maximum atomic E-state index is 13.0. The Morgan fingerprint density at radius 2 is 1.57 bits per heavy atom. The molecule has 3 aromatic carbocycles. The van der Waals surface area contributed by atoms with Gasteiger partial charge < -0.3 is 9.30 Å². The van der Waals surface area contributed by atoms with Gasteiger partial charge in [0.15, 0.2) is 0 Å². The Hall–Kier alpha value is -4.03. The Kier molecular flexibility index (Phi) is 7.22. The molecule has 0 saturated carbocycles. The highest BCUT2D eigenvalue weighted by molar-refractivity contribution is 6.32. The van der Waals surface area contributed by atoms with Crippen LogP contribution in [0.5, 0.6) is 5.75 Å². The summed E-state index contributed by atoms with van der Waals surface area (Å²) in [4.78, 5) is 25.7. The van der Waals surface area contributed by atoms with Gasteiger partial charge >= 0.3 is 0 Å². The van der Waals surface area contributed by atoms with Crippen LogP contribution in [0, 0.1) is 5.92 Å². The molecule has 6 nitrogen and oxygen atoms in total. The predicted octanol–water partition coefficient (Wildman–Crippen LogP) is 5.24. The summed E-state index contributed by atoms with van der Waals surface area (Å²) >= 11 is 0. The minimum atomic E-state index is -0.407. The number of hydrogen-bond acceptors (Lipinski definition) is 3. The molecule has 178 valence electrons. The molecular formula is C28H26ClN3O3. The Bertz CT molecular complexity index is 1370. The van der Waals surface area contributed by atoms with Gasteiger partial charge in [-0.3, -0.25) is 15.0 Å². The number of hydrogen-bond donors (Lipinski definition) is 1. The molecule has 5 rings (SSSR count). The first-order valence-electron chi connectivity index (χ1n) is 11.3. The van der Waals surface area contributed by atoms with Crippen LogP contribution in [0.3, 0.4) is 0 Å². The highest BCUT2D eigenvalue weighted by Crippen LogP contribution is 2.27. The summed E-state index contributed by atoms with van der Waals surface area (Å²) < 4.78 is 8.08. The van der Waals surface area contributed by atoms with E-state index < -0.39 is 5.91 Å². The summed E-state index contributed by atoms with van der Waals surface area (Å²) in [6.45, 7) is 3.47. The van der Waals surface area contributed by atoms with Crippen molar-refractivity contribution >= 4 is 46.9 Å². The molecule has 1 atom stereocenters. The fraction of sp³-hybridized carbons (Fsp3) is 0.143. The number of rotatable bonds is 7. The zero-order valence-corrected chi connectivity index (χ0v) is 20.1. The third-order valence-electron chi connectivity index (χ3n) is 5.81. The van der Waals surface area contributed by atoms with E-state index in [0.29, 0.717) is 12.3 Å². The number of benzene rings is 3. The van der Waals surface area contributed by atoms with Crippen LogP contribution in [0.2, 0.25) is 0 Å². The van der Waals surface area contributed by atoms with Crippen LogP contribution in [0.1, 0.15) is 12.5 Å². The molecule has 7 heteroatoms. The summed E-state index contributed by atoms with van der Waals surface area (Å²) in [5, 5.41) is 2.28. The smallest absolute Gasteiger partial charge is 0.282 e. The van der Waals surface area contributed by atoms with Crippen LogP contribution in [-0.4, -0.2) is 23.0 Å². The van der Waals surface area contributed by atoms with Gasteiger partial charge in [-0.1, -0.05) is 61.5 Å². The fourth-order valence-corrected chi connectivity index (χ4v) is 4.16. The Morgan fingerprint density at radius 1 is 0.914 bits per heavy atom. The minimum absolute atomic E-state index is 0. The SMILES string of the molecule is CC(COc1ccccc1)Cn1cc(C=C2C(=O)NN(c3ccccc3)C2=O)c2ccccc21.Cl. The number of hydrazine groups is 1. The maximum absolute atomic E-state index is 13.0. The number of ether oxygens (including phenoxy) is 1. The normalized spacial score (nSPS) is 15.2. The van der Waals surface area contributed by atoms with E-state index in [1.807, 2.05) is 72.9 Å². The van der Waals surface area contributed by atoms with E-state index in [9.17, 15) is 9.59 Å². The highest BCUT2D eigenvalue weighted by atomic mass is 35.5. The average molecular weight is 488 g/mol. The molecule has 4 aromatic rings. The van der Waals surface area contributed by atoms with Crippen molar-refractivity contribution in [2.24, 2.45) is 5.92 Å². The first-order valence-corrected chi connectivity index (χ1v) is 11.3. The molecule has 35 heavy (non-hydrogen) atoms. The minimum Gasteiger partial charge on any atom is -0.493 e. The lowest BCUT2D eigenvalue weighted by Gasteiger charge is -2.15. The van der Waals surface area contributed by atoms with Crippen LogP contribution in [0.15, 0.2) is 96.7 Å². The van der Waals surface area contributed by atoms with Crippen LogP contribution in [0.25, 0.3) is 17.0 Å². The Morgan fingerprint density at radius 3 is 2.31 bits per heavy atom. The van der Waals surface area contributed by atoms with Gasteiger partial charge in [0.05, 0.1) is 12.3 Å². The Labute approximate surface area is 210 Å². The van der Waals surface area contributed by atoms with Gasteiger partial charge in [-0.05, 0) is 36.4 Å². The molecule has 1 saturated heterocycles. The quantitative estimate of drug-likeness (QED) is 0.286. The largest absolute Gasteiger partial charge is 0.493 e. The van der Waals surface area contributed by atoms with Gasteiger partial charge in [-0.15, -0.1) is 12.4 Å². The van der Waals surface area contributed by atoms with Crippen molar-refractivity contribution in [3.8, 4) is 5.75 Å². The lowest BCUT2D eigenvalue weighted by atomic mass is 10.1. The maximum Gasteiger partial charge on any atom is 0.282 e. The first-order chi connectivity index (χ1) is 16.6.